The highest BCUT2D eigenvalue weighted by Crippen LogP contribution is 2.30. The standard InChI is InChI=1S/C18H25F3N2O2.C2H6/c1-14(18(19,20)21)25-16(24)23-11-9-17(2,10-12-23)22(3)13-15-7-5-4-6-8-15;1-2/h4-8,14H,9-13H2,1-3H3;1-2H3. The molecule has 1 aromatic carbocycles. The number of alkyl halides is 3. The number of hydrogen-bond acceptors (Lipinski definition) is 3. The number of likely N-dealkylation sites (tertiary alicyclic amines) is 1. The van der Waals surface area contributed by atoms with Crippen LogP contribution in [0.15, 0.2) is 30.3 Å². The summed E-state index contributed by atoms with van der Waals surface area (Å²) in [5.41, 5.74) is 1.09. The molecule has 0 radical (unpaired) electrons. The summed E-state index contributed by atoms with van der Waals surface area (Å²) in [6.45, 7) is 8.53. The van der Waals surface area contributed by atoms with Gasteiger partial charge in [0.15, 0.2) is 6.10 Å². The third kappa shape index (κ3) is 6.72. The van der Waals surface area contributed by atoms with Gasteiger partial charge < -0.3 is 9.64 Å². The zero-order valence-corrected chi connectivity index (χ0v) is 16.8. The maximum absolute atomic E-state index is 12.5. The first-order valence-electron chi connectivity index (χ1n) is 9.39. The summed E-state index contributed by atoms with van der Waals surface area (Å²) in [5.74, 6) is 0. The van der Waals surface area contributed by atoms with Crippen molar-refractivity contribution in [3.8, 4) is 0 Å². The highest BCUT2D eigenvalue weighted by atomic mass is 19.4. The van der Waals surface area contributed by atoms with Gasteiger partial charge in [0, 0.05) is 25.2 Å². The van der Waals surface area contributed by atoms with Crippen LogP contribution in [-0.2, 0) is 11.3 Å². The molecular weight excluding hydrogens is 357 g/mol. The number of hydrogen-bond donors (Lipinski definition) is 0. The van der Waals surface area contributed by atoms with Crippen molar-refractivity contribution in [2.75, 3.05) is 20.1 Å². The number of benzene rings is 1. The molecule has 7 heteroatoms. The Morgan fingerprint density at radius 3 is 2.22 bits per heavy atom. The molecule has 2 rings (SSSR count). The van der Waals surface area contributed by atoms with Crippen LogP contribution in [0.3, 0.4) is 0 Å². The highest BCUT2D eigenvalue weighted by molar-refractivity contribution is 5.68. The van der Waals surface area contributed by atoms with Crippen molar-refractivity contribution < 1.29 is 22.7 Å². The number of ether oxygens (including phenoxy) is 1. The second kappa shape index (κ2) is 9.97. The monoisotopic (exact) mass is 388 g/mol. The Balaban J connectivity index is 0.00000176. The summed E-state index contributed by atoms with van der Waals surface area (Å²) in [5, 5.41) is 0. The van der Waals surface area contributed by atoms with Crippen molar-refractivity contribution in [3.05, 3.63) is 35.9 Å². The van der Waals surface area contributed by atoms with Crippen LogP contribution in [0.25, 0.3) is 0 Å². The highest BCUT2D eigenvalue weighted by Gasteiger charge is 2.41. The van der Waals surface area contributed by atoms with Crippen LogP contribution >= 0.6 is 0 Å². The summed E-state index contributed by atoms with van der Waals surface area (Å²) >= 11 is 0. The molecule has 1 unspecified atom stereocenters. The van der Waals surface area contributed by atoms with E-state index in [9.17, 15) is 18.0 Å². The molecule has 4 nitrogen and oxygen atoms in total. The van der Waals surface area contributed by atoms with Crippen LogP contribution < -0.4 is 0 Å². The molecule has 1 heterocycles. The Morgan fingerprint density at radius 1 is 1.22 bits per heavy atom. The van der Waals surface area contributed by atoms with Gasteiger partial charge in [-0.1, -0.05) is 44.2 Å². The Labute approximate surface area is 160 Å². The molecule has 1 atom stereocenters. The van der Waals surface area contributed by atoms with Crippen molar-refractivity contribution in [1.82, 2.24) is 9.80 Å². The van der Waals surface area contributed by atoms with E-state index >= 15 is 0 Å². The molecule has 1 fully saturated rings. The summed E-state index contributed by atoms with van der Waals surface area (Å²) < 4.78 is 42.1. The van der Waals surface area contributed by atoms with Crippen LogP contribution in [0.4, 0.5) is 18.0 Å². The second-order valence-electron chi connectivity index (χ2n) is 6.89. The van der Waals surface area contributed by atoms with Crippen LogP contribution in [-0.4, -0.2) is 53.8 Å². The first-order chi connectivity index (χ1) is 12.6. The summed E-state index contributed by atoms with van der Waals surface area (Å²) in [6, 6.07) is 10.1. The molecule has 0 aromatic heterocycles. The van der Waals surface area contributed by atoms with E-state index in [4.69, 9.17) is 0 Å². The Morgan fingerprint density at radius 2 is 1.74 bits per heavy atom. The van der Waals surface area contributed by atoms with Gasteiger partial charge >= 0.3 is 12.3 Å². The largest absolute Gasteiger partial charge is 0.437 e. The van der Waals surface area contributed by atoms with Crippen LogP contribution in [0.1, 0.15) is 46.1 Å². The topological polar surface area (TPSA) is 32.8 Å². The van der Waals surface area contributed by atoms with E-state index in [1.165, 1.54) is 10.5 Å². The molecule has 0 spiro atoms. The predicted octanol–water partition coefficient (Wildman–Crippen LogP) is 5.09. The lowest BCUT2D eigenvalue weighted by Gasteiger charge is -2.45. The maximum atomic E-state index is 12.5. The number of rotatable bonds is 4. The molecule has 0 bridgehead atoms. The molecule has 0 saturated carbocycles. The van der Waals surface area contributed by atoms with Crippen LogP contribution in [0, 0.1) is 0 Å². The van der Waals surface area contributed by atoms with Crippen molar-refractivity contribution in [2.24, 2.45) is 0 Å². The van der Waals surface area contributed by atoms with Gasteiger partial charge in [0.05, 0.1) is 0 Å². The fourth-order valence-electron chi connectivity index (χ4n) is 2.89. The fourth-order valence-corrected chi connectivity index (χ4v) is 2.89. The van der Waals surface area contributed by atoms with Crippen molar-refractivity contribution in [2.45, 2.75) is 64.9 Å². The normalized spacial score (nSPS) is 17.7. The van der Waals surface area contributed by atoms with E-state index in [0.717, 1.165) is 13.5 Å². The van der Waals surface area contributed by atoms with Crippen molar-refractivity contribution >= 4 is 6.09 Å². The third-order valence-electron chi connectivity index (χ3n) is 5.02. The quantitative estimate of drug-likeness (QED) is 0.721. The van der Waals surface area contributed by atoms with E-state index < -0.39 is 18.4 Å². The van der Waals surface area contributed by atoms with E-state index in [2.05, 4.69) is 28.7 Å². The Bertz CT molecular complexity index is 570. The van der Waals surface area contributed by atoms with E-state index in [1.807, 2.05) is 39.1 Å². The summed E-state index contributed by atoms with van der Waals surface area (Å²) in [7, 11) is 2.03. The lowest BCUT2D eigenvalue weighted by Crippen LogP contribution is -2.53. The minimum absolute atomic E-state index is 0.109. The maximum Gasteiger partial charge on any atom is 0.425 e. The van der Waals surface area contributed by atoms with E-state index in [0.29, 0.717) is 25.9 Å². The van der Waals surface area contributed by atoms with Crippen LogP contribution in [0.2, 0.25) is 0 Å². The average Bonchev–Trinajstić information content (AvgIpc) is 2.64. The summed E-state index contributed by atoms with van der Waals surface area (Å²) in [6.07, 6.45) is -6.14. The zero-order valence-electron chi connectivity index (χ0n) is 16.8. The summed E-state index contributed by atoms with van der Waals surface area (Å²) in [4.78, 5) is 15.5. The SMILES string of the molecule is CC.CC(OC(=O)N1CCC(C)(N(C)Cc2ccccc2)CC1)C(F)(F)F. The first kappa shape index (κ1) is 23.3. The van der Waals surface area contributed by atoms with Crippen molar-refractivity contribution in [3.63, 3.8) is 0 Å². The van der Waals surface area contributed by atoms with Gasteiger partial charge in [-0.2, -0.15) is 13.2 Å². The van der Waals surface area contributed by atoms with Gasteiger partial charge in [0.2, 0.25) is 0 Å². The van der Waals surface area contributed by atoms with Gasteiger partial charge in [-0.05, 0) is 39.3 Å². The lowest BCUT2D eigenvalue weighted by molar-refractivity contribution is -0.200. The van der Waals surface area contributed by atoms with Gasteiger partial charge in [-0.3, -0.25) is 4.90 Å². The Hall–Kier alpha value is -1.76. The molecule has 1 aliphatic heterocycles. The number of piperidine rings is 1. The number of amides is 1. The molecule has 0 N–H and O–H groups in total. The molecule has 1 amide bonds. The first-order valence-corrected chi connectivity index (χ1v) is 9.39. The average molecular weight is 388 g/mol. The molecule has 154 valence electrons. The molecule has 1 saturated heterocycles. The zero-order chi connectivity index (χ0) is 20.7. The minimum atomic E-state index is -4.53. The third-order valence-corrected chi connectivity index (χ3v) is 5.02. The van der Waals surface area contributed by atoms with E-state index in [-0.39, 0.29) is 5.54 Å². The molecular formula is C20H31F3N2O2. The van der Waals surface area contributed by atoms with Gasteiger partial charge in [-0.25, -0.2) is 4.79 Å². The van der Waals surface area contributed by atoms with Gasteiger partial charge in [0.1, 0.15) is 0 Å². The van der Waals surface area contributed by atoms with Gasteiger partial charge in [-0.15, -0.1) is 0 Å². The smallest absolute Gasteiger partial charge is 0.425 e. The van der Waals surface area contributed by atoms with Crippen molar-refractivity contribution in [1.29, 1.82) is 0 Å². The fraction of sp³-hybridized carbons (Fsp3) is 0.650. The lowest BCUT2D eigenvalue weighted by atomic mass is 9.88. The predicted molar refractivity (Wildman–Crippen MR) is 100 cm³/mol. The second-order valence-corrected chi connectivity index (χ2v) is 6.89. The minimum Gasteiger partial charge on any atom is -0.437 e. The number of carbonyl (C=O) groups is 1. The number of nitrogens with zero attached hydrogens (tertiary/aromatic N) is 2. The number of halogens is 3. The van der Waals surface area contributed by atoms with Gasteiger partial charge in [0.25, 0.3) is 0 Å². The number of carbonyl (C=O) groups excluding carboxylic acids is 1. The molecule has 1 aromatic rings. The molecule has 27 heavy (non-hydrogen) atoms. The Kier molecular flexibility index (Phi) is 8.59. The molecule has 0 aliphatic carbocycles. The van der Waals surface area contributed by atoms with E-state index in [1.54, 1.807) is 0 Å². The van der Waals surface area contributed by atoms with Crippen LogP contribution in [0.5, 0.6) is 0 Å². The molecule has 1 aliphatic rings.